The van der Waals surface area contributed by atoms with E-state index >= 15 is 0 Å². The van der Waals surface area contributed by atoms with E-state index in [1.54, 1.807) is 30.3 Å². The number of carboxylic acids is 1. The maximum absolute atomic E-state index is 14.2. The van der Waals surface area contributed by atoms with Gasteiger partial charge in [-0.15, -0.1) is 0 Å². The van der Waals surface area contributed by atoms with Crippen LogP contribution in [-0.4, -0.2) is 11.1 Å². The van der Waals surface area contributed by atoms with E-state index in [1.165, 1.54) is 48.5 Å². The van der Waals surface area contributed by atoms with Gasteiger partial charge in [-0.25, -0.2) is 13.2 Å². The summed E-state index contributed by atoms with van der Waals surface area (Å²) in [6.45, 7) is 0. The normalized spacial score (nSPS) is 13.6. The van der Waals surface area contributed by atoms with Gasteiger partial charge in [0.25, 0.3) is 0 Å². The Morgan fingerprint density at radius 2 is 1.27 bits per heavy atom. The average molecular weight is 499 g/mol. The van der Waals surface area contributed by atoms with Gasteiger partial charge in [0.1, 0.15) is 29.0 Å². The molecule has 0 bridgehead atoms. The Morgan fingerprint density at radius 1 is 0.703 bits per heavy atom. The molecule has 0 radical (unpaired) electrons. The van der Waals surface area contributed by atoms with E-state index in [2.05, 4.69) is 0 Å². The van der Waals surface area contributed by atoms with Gasteiger partial charge in [0.05, 0.1) is 6.42 Å². The minimum Gasteiger partial charge on any atom is -0.481 e. The Morgan fingerprint density at radius 3 is 1.89 bits per heavy atom. The van der Waals surface area contributed by atoms with Crippen molar-refractivity contribution >= 4 is 23.2 Å². The Kier molecular flexibility index (Phi) is 6.64. The number of fused-ring (bicyclic) bond motifs is 1. The van der Waals surface area contributed by atoms with E-state index in [-0.39, 0.29) is 18.1 Å². The van der Waals surface area contributed by atoms with Crippen LogP contribution < -0.4 is 4.74 Å². The molecule has 0 aliphatic heterocycles. The third-order valence-corrected chi connectivity index (χ3v) is 6.15. The van der Waals surface area contributed by atoms with E-state index in [4.69, 9.17) is 4.74 Å². The summed E-state index contributed by atoms with van der Waals surface area (Å²) in [7, 11) is 0. The number of ether oxygens (including phenoxy) is 1. The highest BCUT2D eigenvalue weighted by molar-refractivity contribution is 6.08. The van der Waals surface area contributed by atoms with Crippen molar-refractivity contribution in [3.63, 3.8) is 0 Å². The van der Waals surface area contributed by atoms with Gasteiger partial charge >= 0.3 is 5.97 Å². The lowest BCUT2D eigenvalue weighted by atomic mass is 9.94. The van der Waals surface area contributed by atoms with Gasteiger partial charge < -0.3 is 9.84 Å². The van der Waals surface area contributed by atoms with Crippen LogP contribution >= 0.6 is 0 Å². The van der Waals surface area contributed by atoms with Gasteiger partial charge in [-0.3, -0.25) is 4.79 Å². The summed E-state index contributed by atoms with van der Waals surface area (Å²) in [6, 6.07) is 23.4. The lowest BCUT2D eigenvalue weighted by molar-refractivity contribution is -0.135. The second kappa shape index (κ2) is 10.2. The molecule has 0 saturated heterocycles. The molecule has 0 atom stereocenters. The molecule has 0 fully saturated rings. The van der Waals surface area contributed by atoms with Gasteiger partial charge in [-0.1, -0.05) is 30.3 Å². The minimum absolute atomic E-state index is 0.269. The Balaban J connectivity index is 1.54. The molecule has 1 aliphatic rings. The Hall–Kier alpha value is -4.58. The summed E-state index contributed by atoms with van der Waals surface area (Å²) in [5.41, 5.74) is 4.98. The maximum Gasteiger partial charge on any atom is 0.307 e. The van der Waals surface area contributed by atoms with Crippen LogP contribution in [0.15, 0.2) is 96.6 Å². The van der Waals surface area contributed by atoms with Crippen LogP contribution in [0.1, 0.15) is 28.7 Å². The van der Waals surface area contributed by atoms with Crippen LogP contribution in [0.2, 0.25) is 0 Å². The number of rotatable bonds is 7. The molecule has 0 amide bonds. The van der Waals surface area contributed by atoms with Crippen molar-refractivity contribution in [1.29, 1.82) is 0 Å². The highest BCUT2D eigenvalue weighted by atomic mass is 19.1. The lowest BCUT2D eigenvalue weighted by Crippen LogP contribution is -1.99. The molecular weight excluding hydrogens is 477 g/mol. The largest absolute Gasteiger partial charge is 0.481 e. The second-order valence-electron chi connectivity index (χ2n) is 8.70. The SMILES string of the molecule is O=C(O)CC1=C(Cc2ccc(F)cc2)/C(=C/c2ccc(Oc3ccc(F)cc3)cc2)c2ccc(F)cc21. The minimum atomic E-state index is -1.02. The molecule has 0 aromatic heterocycles. The molecule has 0 saturated carbocycles. The monoisotopic (exact) mass is 498 g/mol. The van der Waals surface area contributed by atoms with Gasteiger partial charge in [0.15, 0.2) is 0 Å². The van der Waals surface area contributed by atoms with Gasteiger partial charge in [0.2, 0.25) is 0 Å². The van der Waals surface area contributed by atoms with E-state index < -0.39 is 11.8 Å². The zero-order valence-electron chi connectivity index (χ0n) is 19.5. The second-order valence-corrected chi connectivity index (χ2v) is 8.70. The summed E-state index contributed by atoms with van der Waals surface area (Å²) < 4.78 is 46.6. The van der Waals surface area contributed by atoms with Crippen molar-refractivity contribution in [2.45, 2.75) is 12.8 Å². The van der Waals surface area contributed by atoms with Crippen LogP contribution in [0.3, 0.4) is 0 Å². The summed E-state index contributed by atoms with van der Waals surface area (Å²) >= 11 is 0. The summed E-state index contributed by atoms with van der Waals surface area (Å²) in [5.74, 6) is -1.12. The first-order valence-corrected chi connectivity index (χ1v) is 11.6. The molecule has 4 aromatic carbocycles. The molecule has 37 heavy (non-hydrogen) atoms. The number of halogens is 3. The molecule has 1 N–H and O–H groups in total. The number of benzene rings is 4. The summed E-state index contributed by atoms with van der Waals surface area (Å²) in [6.07, 6.45) is 2.01. The van der Waals surface area contributed by atoms with Gasteiger partial charge in [-0.2, -0.15) is 0 Å². The number of hydrogen-bond acceptors (Lipinski definition) is 2. The highest BCUT2D eigenvalue weighted by Crippen LogP contribution is 2.45. The molecule has 6 heteroatoms. The maximum atomic E-state index is 14.2. The van der Waals surface area contributed by atoms with Crippen LogP contribution in [0.5, 0.6) is 11.5 Å². The van der Waals surface area contributed by atoms with Crippen molar-refractivity contribution < 1.29 is 27.8 Å². The molecule has 5 rings (SSSR count). The van der Waals surface area contributed by atoms with Gasteiger partial charge in [-0.05, 0) is 112 Å². The van der Waals surface area contributed by atoms with Crippen LogP contribution in [0.25, 0.3) is 17.2 Å². The predicted octanol–water partition coefficient (Wildman–Crippen LogP) is 7.92. The molecule has 0 unspecified atom stereocenters. The number of carboxylic acid groups (broad SMARTS) is 1. The van der Waals surface area contributed by atoms with Crippen molar-refractivity contribution in [2.24, 2.45) is 0 Å². The van der Waals surface area contributed by atoms with Crippen LogP contribution in [-0.2, 0) is 11.2 Å². The van der Waals surface area contributed by atoms with Crippen molar-refractivity contribution in [2.75, 3.05) is 0 Å². The summed E-state index contributed by atoms with van der Waals surface area (Å²) in [4.78, 5) is 11.7. The molecule has 3 nitrogen and oxygen atoms in total. The molecule has 0 spiro atoms. The number of allylic oxidation sites excluding steroid dienone is 2. The van der Waals surface area contributed by atoms with E-state index in [0.717, 1.165) is 27.8 Å². The van der Waals surface area contributed by atoms with E-state index in [1.807, 2.05) is 18.2 Å². The molecular formula is C31H21F3O3. The first-order valence-electron chi connectivity index (χ1n) is 11.6. The van der Waals surface area contributed by atoms with Crippen molar-refractivity contribution in [3.05, 3.63) is 136 Å². The standard InChI is InChI=1S/C31H21F3O3/c32-21-5-1-19(2-6-21)16-28-27(26-14-9-23(34)17-29(26)30(28)18-31(35)36)15-20-3-10-24(11-4-20)37-25-12-7-22(33)8-13-25/h1-15,17H,16,18H2,(H,35,36)/b27-15+. The lowest BCUT2D eigenvalue weighted by Gasteiger charge is -2.11. The zero-order valence-corrected chi connectivity index (χ0v) is 19.5. The predicted molar refractivity (Wildman–Crippen MR) is 136 cm³/mol. The number of aliphatic carboxylic acids is 1. The van der Waals surface area contributed by atoms with E-state index in [9.17, 15) is 23.1 Å². The van der Waals surface area contributed by atoms with Crippen LogP contribution in [0.4, 0.5) is 13.2 Å². The van der Waals surface area contributed by atoms with Crippen molar-refractivity contribution in [3.8, 4) is 11.5 Å². The molecule has 4 aromatic rings. The zero-order chi connectivity index (χ0) is 25.9. The first-order chi connectivity index (χ1) is 17.9. The van der Waals surface area contributed by atoms with Gasteiger partial charge in [0, 0.05) is 0 Å². The van der Waals surface area contributed by atoms with Crippen LogP contribution in [0, 0.1) is 17.5 Å². The first kappa shape index (κ1) is 24.1. The number of hydrogen-bond donors (Lipinski definition) is 1. The quantitative estimate of drug-likeness (QED) is 0.282. The highest BCUT2D eigenvalue weighted by Gasteiger charge is 2.28. The fourth-order valence-corrected chi connectivity index (χ4v) is 4.45. The van der Waals surface area contributed by atoms with E-state index in [0.29, 0.717) is 29.1 Å². The molecule has 184 valence electrons. The topological polar surface area (TPSA) is 46.5 Å². The molecule has 0 heterocycles. The third kappa shape index (κ3) is 5.48. The average Bonchev–Trinajstić information content (AvgIpc) is 3.14. The smallest absolute Gasteiger partial charge is 0.307 e. The van der Waals surface area contributed by atoms with Crippen molar-refractivity contribution in [1.82, 2.24) is 0 Å². The summed E-state index contributed by atoms with van der Waals surface area (Å²) in [5, 5.41) is 9.60. The Labute approximate surface area is 211 Å². The fourth-order valence-electron chi connectivity index (χ4n) is 4.45. The molecule has 1 aliphatic carbocycles. The number of carbonyl (C=O) groups is 1. The fraction of sp³-hybridized carbons (Fsp3) is 0.0645. The Bertz CT molecular complexity index is 1520. The third-order valence-electron chi connectivity index (χ3n) is 6.15.